The van der Waals surface area contributed by atoms with Crippen LogP contribution in [0.3, 0.4) is 0 Å². The minimum atomic E-state index is -0.332. The number of amides is 3. The molecule has 0 bridgehead atoms. The van der Waals surface area contributed by atoms with E-state index in [4.69, 9.17) is 0 Å². The number of nitrogens with one attached hydrogen (secondary N) is 2. The van der Waals surface area contributed by atoms with E-state index in [1.807, 2.05) is 13.8 Å². The van der Waals surface area contributed by atoms with Gasteiger partial charge >= 0.3 is 0 Å². The molecule has 0 radical (unpaired) electrons. The van der Waals surface area contributed by atoms with E-state index in [1.165, 1.54) is 6.92 Å². The smallest absolute Gasteiger partial charge is 0.227 e. The zero-order valence-corrected chi connectivity index (χ0v) is 13.8. The molecule has 1 saturated heterocycles. The van der Waals surface area contributed by atoms with Crippen molar-refractivity contribution in [3.63, 3.8) is 0 Å². The van der Waals surface area contributed by atoms with Gasteiger partial charge in [0.2, 0.25) is 17.7 Å². The fourth-order valence-corrected chi connectivity index (χ4v) is 2.55. The number of anilines is 2. The number of benzene rings is 1. The minimum absolute atomic E-state index is 0.0747. The lowest BCUT2D eigenvalue weighted by Gasteiger charge is -2.18. The van der Waals surface area contributed by atoms with Crippen LogP contribution in [0.5, 0.6) is 0 Å². The normalized spacial score (nSPS) is 18.7. The van der Waals surface area contributed by atoms with Gasteiger partial charge in [-0.1, -0.05) is 13.0 Å². The second-order valence-corrected chi connectivity index (χ2v) is 5.95. The highest BCUT2D eigenvalue weighted by atomic mass is 16.2. The summed E-state index contributed by atoms with van der Waals surface area (Å²) in [7, 11) is 0. The van der Waals surface area contributed by atoms with E-state index in [2.05, 4.69) is 10.6 Å². The zero-order chi connectivity index (χ0) is 17.0. The first-order chi connectivity index (χ1) is 10.9. The van der Waals surface area contributed by atoms with Crippen LogP contribution < -0.4 is 15.5 Å². The van der Waals surface area contributed by atoms with Gasteiger partial charge in [0.25, 0.3) is 0 Å². The Morgan fingerprint density at radius 3 is 2.78 bits per heavy atom. The van der Waals surface area contributed by atoms with Crippen molar-refractivity contribution in [1.29, 1.82) is 0 Å². The van der Waals surface area contributed by atoms with E-state index < -0.39 is 0 Å². The second kappa shape index (κ2) is 7.26. The Morgan fingerprint density at radius 2 is 2.13 bits per heavy atom. The van der Waals surface area contributed by atoms with Gasteiger partial charge in [0, 0.05) is 37.3 Å². The first-order valence-corrected chi connectivity index (χ1v) is 7.89. The van der Waals surface area contributed by atoms with Crippen molar-refractivity contribution in [2.45, 2.75) is 39.7 Å². The van der Waals surface area contributed by atoms with E-state index >= 15 is 0 Å². The summed E-state index contributed by atoms with van der Waals surface area (Å²) in [4.78, 5) is 37.2. The SMILES string of the molecule is CCC(C)NC(=O)C1CC(=O)N(c2cccc(NC(C)=O)c2)C1. The highest BCUT2D eigenvalue weighted by molar-refractivity contribution is 6.01. The van der Waals surface area contributed by atoms with Crippen molar-refractivity contribution in [3.05, 3.63) is 24.3 Å². The summed E-state index contributed by atoms with van der Waals surface area (Å²) in [5.74, 6) is -0.649. The third kappa shape index (κ3) is 4.31. The van der Waals surface area contributed by atoms with Crippen molar-refractivity contribution in [2.24, 2.45) is 5.92 Å². The molecule has 0 aliphatic carbocycles. The second-order valence-electron chi connectivity index (χ2n) is 5.95. The predicted octanol–water partition coefficient (Wildman–Crippen LogP) is 1.91. The van der Waals surface area contributed by atoms with Crippen LogP contribution in [-0.4, -0.2) is 30.3 Å². The molecule has 1 fully saturated rings. The van der Waals surface area contributed by atoms with Gasteiger partial charge < -0.3 is 15.5 Å². The van der Waals surface area contributed by atoms with E-state index in [0.717, 1.165) is 6.42 Å². The molecule has 1 heterocycles. The van der Waals surface area contributed by atoms with Crippen LogP contribution in [0.15, 0.2) is 24.3 Å². The van der Waals surface area contributed by atoms with Crippen molar-refractivity contribution in [1.82, 2.24) is 5.32 Å². The topological polar surface area (TPSA) is 78.5 Å². The Bertz CT molecular complexity index is 615. The van der Waals surface area contributed by atoms with Crippen molar-refractivity contribution >= 4 is 29.1 Å². The average molecular weight is 317 g/mol. The number of rotatable bonds is 5. The summed E-state index contributed by atoms with van der Waals surface area (Å²) in [6, 6.07) is 7.19. The molecule has 2 rings (SSSR count). The standard InChI is InChI=1S/C17H23N3O3/c1-4-11(2)18-17(23)13-8-16(22)20(10-13)15-7-5-6-14(9-15)19-12(3)21/h5-7,9,11,13H,4,8,10H2,1-3H3,(H,18,23)(H,19,21). The molecule has 6 heteroatoms. The minimum Gasteiger partial charge on any atom is -0.353 e. The number of nitrogens with zero attached hydrogens (tertiary/aromatic N) is 1. The molecule has 23 heavy (non-hydrogen) atoms. The van der Waals surface area contributed by atoms with Crippen LogP contribution in [0.2, 0.25) is 0 Å². The Kier molecular flexibility index (Phi) is 5.36. The molecule has 3 amide bonds. The summed E-state index contributed by atoms with van der Waals surface area (Å²) >= 11 is 0. The predicted molar refractivity (Wildman–Crippen MR) is 89.1 cm³/mol. The fraction of sp³-hybridized carbons (Fsp3) is 0.471. The molecule has 1 aliphatic heterocycles. The van der Waals surface area contributed by atoms with E-state index in [-0.39, 0.29) is 36.1 Å². The molecule has 1 aromatic carbocycles. The molecular formula is C17H23N3O3. The quantitative estimate of drug-likeness (QED) is 0.871. The van der Waals surface area contributed by atoms with Gasteiger partial charge in [-0.15, -0.1) is 0 Å². The largest absolute Gasteiger partial charge is 0.353 e. The van der Waals surface area contributed by atoms with Crippen LogP contribution in [0.1, 0.15) is 33.6 Å². The molecule has 0 saturated carbocycles. The summed E-state index contributed by atoms with van der Waals surface area (Å²) < 4.78 is 0. The van der Waals surface area contributed by atoms with Crippen LogP contribution in [0, 0.1) is 5.92 Å². The molecule has 124 valence electrons. The summed E-state index contributed by atoms with van der Waals surface area (Å²) in [5.41, 5.74) is 1.33. The number of hydrogen-bond donors (Lipinski definition) is 2. The first-order valence-electron chi connectivity index (χ1n) is 7.89. The average Bonchev–Trinajstić information content (AvgIpc) is 2.88. The lowest BCUT2D eigenvalue weighted by Crippen LogP contribution is -2.38. The van der Waals surface area contributed by atoms with Crippen LogP contribution in [0.25, 0.3) is 0 Å². The molecule has 6 nitrogen and oxygen atoms in total. The van der Waals surface area contributed by atoms with Crippen LogP contribution >= 0.6 is 0 Å². The van der Waals surface area contributed by atoms with Crippen molar-refractivity contribution < 1.29 is 14.4 Å². The number of carbonyl (C=O) groups excluding carboxylic acids is 3. The molecule has 2 N–H and O–H groups in total. The molecular weight excluding hydrogens is 294 g/mol. The van der Waals surface area contributed by atoms with Gasteiger partial charge in [-0.2, -0.15) is 0 Å². The van der Waals surface area contributed by atoms with Crippen LogP contribution in [-0.2, 0) is 14.4 Å². The monoisotopic (exact) mass is 317 g/mol. The molecule has 2 atom stereocenters. The van der Waals surface area contributed by atoms with Gasteiger partial charge in [0.05, 0.1) is 5.92 Å². The maximum absolute atomic E-state index is 12.2. The van der Waals surface area contributed by atoms with Crippen molar-refractivity contribution in [3.8, 4) is 0 Å². The molecule has 0 aromatic heterocycles. The highest BCUT2D eigenvalue weighted by Gasteiger charge is 2.35. The summed E-state index contributed by atoms with van der Waals surface area (Å²) in [6.07, 6.45) is 1.07. The number of carbonyl (C=O) groups is 3. The molecule has 2 unspecified atom stereocenters. The molecule has 0 spiro atoms. The van der Waals surface area contributed by atoms with E-state index in [0.29, 0.717) is 17.9 Å². The van der Waals surface area contributed by atoms with Crippen LogP contribution in [0.4, 0.5) is 11.4 Å². The Hall–Kier alpha value is -2.37. The van der Waals surface area contributed by atoms with E-state index in [1.54, 1.807) is 29.2 Å². The zero-order valence-electron chi connectivity index (χ0n) is 13.8. The van der Waals surface area contributed by atoms with Crippen molar-refractivity contribution in [2.75, 3.05) is 16.8 Å². The number of hydrogen-bond acceptors (Lipinski definition) is 3. The lowest BCUT2D eigenvalue weighted by molar-refractivity contribution is -0.126. The highest BCUT2D eigenvalue weighted by Crippen LogP contribution is 2.27. The third-order valence-corrected chi connectivity index (χ3v) is 3.98. The third-order valence-electron chi connectivity index (χ3n) is 3.98. The van der Waals surface area contributed by atoms with Gasteiger partial charge in [0.15, 0.2) is 0 Å². The van der Waals surface area contributed by atoms with Gasteiger partial charge in [-0.05, 0) is 31.5 Å². The Labute approximate surface area is 136 Å². The van der Waals surface area contributed by atoms with E-state index in [9.17, 15) is 14.4 Å². The maximum atomic E-state index is 12.2. The Balaban J connectivity index is 2.08. The molecule has 1 aliphatic rings. The summed E-state index contributed by atoms with van der Waals surface area (Å²) in [6.45, 7) is 5.75. The maximum Gasteiger partial charge on any atom is 0.227 e. The fourth-order valence-electron chi connectivity index (χ4n) is 2.55. The lowest BCUT2D eigenvalue weighted by atomic mass is 10.1. The Morgan fingerprint density at radius 1 is 1.39 bits per heavy atom. The first kappa shape index (κ1) is 17.0. The summed E-state index contributed by atoms with van der Waals surface area (Å²) in [5, 5.41) is 5.62. The van der Waals surface area contributed by atoms with Gasteiger partial charge in [0.1, 0.15) is 0 Å². The molecule has 1 aromatic rings. The van der Waals surface area contributed by atoms with Gasteiger partial charge in [-0.25, -0.2) is 0 Å². The van der Waals surface area contributed by atoms with Gasteiger partial charge in [-0.3, -0.25) is 14.4 Å².